The van der Waals surface area contributed by atoms with Gasteiger partial charge in [0.15, 0.2) is 0 Å². The molecule has 0 radical (unpaired) electrons. The number of rotatable bonds is 6. The Labute approximate surface area is 144 Å². The number of hydrogen-bond donors (Lipinski definition) is 2. The van der Waals surface area contributed by atoms with E-state index in [4.69, 9.17) is 4.74 Å². The first-order valence-electron chi connectivity index (χ1n) is 9.03. The molecule has 24 heavy (non-hydrogen) atoms. The lowest BCUT2D eigenvalue weighted by Crippen LogP contribution is -2.43. The maximum atomic E-state index is 11.4. The summed E-state index contributed by atoms with van der Waals surface area (Å²) in [4.78, 5) is 13.8. The largest absolute Gasteiger partial charge is 0.492 e. The molecule has 0 aliphatic carbocycles. The molecule has 2 aliphatic heterocycles. The van der Waals surface area contributed by atoms with E-state index < -0.39 is 0 Å². The minimum Gasteiger partial charge on any atom is -0.492 e. The molecule has 1 aromatic carbocycles. The molecule has 3 rings (SSSR count). The zero-order valence-electron chi connectivity index (χ0n) is 14.5. The number of likely N-dealkylation sites (tertiary alicyclic amines) is 1. The Balaban J connectivity index is 1.45. The Morgan fingerprint density at radius 2 is 2.08 bits per heavy atom. The lowest BCUT2D eigenvalue weighted by Gasteiger charge is -2.40. The summed E-state index contributed by atoms with van der Waals surface area (Å²) in [6.45, 7) is 6.14. The first-order chi connectivity index (χ1) is 11.6. The molecule has 0 bridgehead atoms. The number of carbonyl (C=O) groups excluding carboxylic acids is 1. The fourth-order valence-corrected chi connectivity index (χ4v) is 3.62. The van der Waals surface area contributed by atoms with Crippen molar-refractivity contribution in [1.29, 1.82) is 0 Å². The molecule has 2 aliphatic rings. The molecule has 0 aromatic heterocycles. The van der Waals surface area contributed by atoms with Gasteiger partial charge in [0.1, 0.15) is 12.4 Å². The number of aliphatic hydroxyl groups excluding tert-OH is 1. The molecule has 1 saturated heterocycles. The quantitative estimate of drug-likeness (QED) is 0.840. The first kappa shape index (κ1) is 17.2. The van der Waals surface area contributed by atoms with Crippen molar-refractivity contribution in [2.75, 3.05) is 38.2 Å². The van der Waals surface area contributed by atoms with Crippen molar-refractivity contribution < 1.29 is 14.6 Å². The third kappa shape index (κ3) is 3.90. The summed E-state index contributed by atoms with van der Waals surface area (Å²) >= 11 is 0. The van der Waals surface area contributed by atoms with Crippen LogP contribution in [-0.2, 0) is 11.2 Å². The van der Waals surface area contributed by atoms with Gasteiger partial charge in [0.25, 0.3) is 0 Å². The van der Waals surface area contributed by atoms with Crippen molar-refractivity contribution in [3.63, 3.8) is 0 Å². The molecule has 5 heteroatoms. The zero-order chi connectivity index (χ0) is 17.0. The van der Waals surface area contributed by atoms with Crippen LogP contribution in [0.1, 0.15) is 38.2 Å². The van der Waals surface area contributed by atoms with Crippen molar-refractivity contribution in [3.8, 4) is 5.75 Å². The van der Waals surface area contributed by atoms with Crippen LogP contribution in [0, 0.1) is 5.41 Å². The molecule has 2 N–H and O–H groups in total. The van der Waals surface area contributed by atoms with Gasteiger partial charge in [-0.1, -0.05) is 6.92 Å². The number of nitrogens with one attached hydrogen (secondary N) is 1. The number of nitrogens with zero attached hydrogens (tertiary/aromatic N) is 1. The molecule has 0 unspecified atom stereocenters. The fourth-order valence-electron chi connectivity index (χ4n) is 3.62. The number of anilines is 1. The maximum Gasteiger partial charge on any atom is 0.224 e. The molecule has 0 atom stereocenters. The van der Waals surface area contributed by atoms with Gasteiger partial charge in [-0.2, -0.15) is 0 Å². The second-order valence-electron chi connectivity index (χ2n) is 7.07. The summed E-state index contributed by atoms with van der Waals surface area (Å²) in [7, 11) is 0. The van der Waals surface area contributed by atoms with Gasteiger partial charge in [-0.25, -0.2) is 0 Å². The second-order valence-corrected chi connectivity index (χ2v) is 7.07. The van der Waals surface area contributed by atoms with Crippen molar-refractivity contribution in [1.82, 2.24) is 4.90 Å². The molecule has 2 heterocycles. The molecule has 132 valence electrons. The van der Waals surface area contributed by atoms with Gasteiger partial charge >= 0.3 is 0 Å². The third-order valence-corrected chi connectivity index (χ3v) is 5.65. The van der Waals surface area contributed by atoms with E-state index in [0.717, 1.165) is 62.3 Å². The van der Waals surface area contributed by atoms with E-state index >= 15 is 0 Å². The highest BCUT2D eigenvalue weighted by molar-refractivity contribution is 5.93. The van der Waals surface area contributed by atoms with E-state index in [-0.39, 0.29) is 11.3 Å². The van der Waals surface area contributed by atoms with Gasteiger partial charge in [-0.15, -0.1) is 0 Å². The van der Waals surface area contributed by atoms with Gasteiger partial charge in [0, 0.05) is 25.3 Å². The number of fused-ring (bicyclic) bond motifs is 1. The molecule has 1 aromatic rings. The minimum atomic E-state index is 0.0901. The van der Waals surface area contributed by atoms with Crippen molar-refractivity contribution in [3.05, 3.63) is 23.8 Å². The van der Waals surface area contributed by atoms with Gasteiger partial charge in [-0.05, 0) is 68.0 Å². The van der Waals surface area contributed by atoms with E-state index in [1.165, 1.54) is 0 Å². The van der Waals surface area contributed by atoms with Crippen LogP contribution in [-0.4, -0.2) is 48.8 Å². The van der Waals surface area contributed by atoms with Crippen LogP contribution in [0.15, 0.2) is 18.2 Å². The van der Waals surface area contributed by atoms with Crippen LogP contribution in [0.4, 0.5) is 5.69 Å². The summed E-state index contributed by atoms with van der Waals surface area (Å²) in [5.41, 5.74) is 2.20. The Bertz CT molecular complexity index is 574. The van der Waals surface area contributed by atoms with E-state index in [1.54, 1.807) is 0 Å². The van der Waals surface area contributed by atoms with Gasteiger partial charge in [0.05, 0.1) is 0 Å². The lowest BCUT2D eigenvalue weighted by molar-refractivity contribution is -0.116. The molecule has 0 saturated carbocycles. The summed E-state index contributed by atoms with van der Waals surface area (Å²) in [6.07, 6.45) is 4.52. The second kappa shape index (κ2) is 7.53. The van der Waals surface area contributed by atoms with Crippen LogP contribution in [0.5, 0.6) is 5.75 Å². The van der Waals surface area contributed by atoms with Crippen molar-refractivity contribution >= 4 is 11.6 Å². The Morgan fingerprint density at radius 3 is 2.79 bits per heavy atom. The third-order valence-electron chi connectivity index (χ3n) is 5.65. The van der Waals surface area contributed by atoms with E-state index in [1.807, 2.05) is 18.2 Å². The van der Waals surface area contributed by atoms with Crippen LogP contribution in [0.3, 0.4) is 0 Å². The van der Waals surface area contributed by atoms with E-state index in [9.17, 15) is 9.90 Å². The predicted molar refractivity (Wildman–Crippen MR) is 94.4 cm³/mol. The van der Waals surface area contributed by atoms with E-state index in [0.29, 0.717) is 19.6 Å². The Morgan fingerprint density at radius 1 is 1.29 bits per heavy atom. The van der Waals surface area contributed by atoms with Crippen LogP contribution >= 0.6 is 0 Å². The number of aryl methyl sites for hydroxylation is 1. The van der Waals surface area contributed by atoms with Gasteiger partial charge in [-0.3, -0.25) is 9.69 Å². The highest BCUT2D eigenvalue weighted by Gasteiger charge is 2.32. The number of carbonyl (C=O) groups is 1. The van der Waals surface area contributed by atoms with Crippen molar-refractivity contribution in [2.45, 2.75) is 39.0 Å². The van der Waals surface area contributed by atoms with E-state index in [2.05, 4.69) is 17.1 Å². The first-order valence-corrected chi connectivity index (χ1v) is 9.03. The predicted octanol–water partition coefficient (Wildman–Crippen LogP) is 2.43. The molecule has 1 amide bonds. The number of piperidine rings is 1. The number of amides is 1. The molecule has 1 fully saturated rings. The summed E-state index contributed by atoms with van der Waals surface area (Å²) in [5, 5.41) is 12.5. The summed E-state index contributed by atoms with van der Waals surface area (Å²) in [6, 6.07) is 5.90. The van der Waals surface area contributed by atoms with Crippen LogP contribution in [0.25, 0.3) is 0 Å². The summed E-state index contributed by atoms with van der Waals surface area (Å²) < 4.78 is 5.90. The zero-order valence-corrected chi connectivity index (χ0v) is 14.5. The number of aliphatic hydroxyl groups is 1. The standard InChI is InChI=1S/C19H28N2O3/c1-2-19(14-22)7-9-21(10-8-19)11-12-24-16-4-5-17-15(13-16)3-6-18(23)20-17/h4-5,13,22H,2-3,6-12,14H2,1H3,(H,20,23). The molecular formula is C19H28N2O3. The molecular weight excluding hydrogens is 304 g/mol. The number of hydrogen-bond acceptors (Lipinski definition) is 4. The Hall–Kier alpha value is -1.59. The summed E-state index contributed by atoms with van der Waals surface area (Å²) in [5.74, 6) is 0.965. The van der Waals surface area contributed by atoms with Gasteiger partial charge in [0.2, 0.25) is 5.91 Å². The average molecular weight is 332 g/mol. The monoisotopic (exact) mass is 332 g/mol. The molecule has 5 nitrogen and oxygen atoms in total. The van der Waals surface area contributed by atoms with Gasteiger partial charge < -0.3 is 15.2 Å². The Kier molecular flexibility index (Phi) is 5.41. The lowest BCUT2D eigenvalue weighted by atomic mass is 9.77. The smallest absolute Gasteiger partial charge is 0.224 e. The van der Waals surface area contributed by atoms with Crippen LogP contribution < -0.4 is 10.1 Å². The highest BCUT2D eigenvalue weighted by Crippen LogP contribution is 2.34. The normalized spacial score (nSPS) is 20.3. The van der Waals surface area contributed by atoms with Crippen LogP contribution in [0.2, 0.25) is 0 Å². The fraction of sp³-hybridized carbons (Fsp3) is 0.632. The van der Waals surface area contributed by atoms with Crippen molar-refractivity contribution in [2.24, 2.45) is 5.41 Å². The SMILES string of the molecule is CCC1(CO)CCN(CCOc2ccc3c(c2)CCC(=O)N3)CC1. The number of ether oxygens (including phenoxy) is 1. The highest BCUT2D eigenvalue weighted by atomic mass is 16.5. The topological polar surface area (TPSA) is 61.8 Å². The number of benzene rings is 1. The molecule has 0 spiro atoms. The average Bonchev–Trinajstić information content (AvgIpc) is 2.62. The maximum absolute atomic E-state index is 11.4. The minimum absolute atomic E-state index is 0.0901.